The molecule has 24 heteroatoms. The average Bonchev–Trinajstić information content (AvgIpc) is 3.13. The minimum absolute atomic E-state index is 0.157. The third-order valence-electron chi connectivity index (χ3n) is 10.6. The fraction of sp³-hybridized carbons (Fsp3) is 0.864. The second-order valence-electron chi connectivity index (χ2n) is 21.8. The van der Waals surface area contributed by atoms with Gasteiger partial charge in [0.15, 0.2) is 6.29 Å². The van der Waals surface area contributed by atoms with Crippen LogP contribution in [0.4, 0.5) is 19.2 Å². The number of rotatable bonds is 16. The molecule has 2 aliphatic heterocycles. The van der Waals surface area contributed by atoms with E-state index in [1.54, 1.807) is 89.2 Å². The van der Waals surface area contributed by atoms with Gasteiger partial charge >= 0.3 is 24.4 Å². The molecule has 3 aliphatic rings. The highest BCUT2D eigenvalue weighted by Gasteiger charge is 2.57. The number of carbonyl (C=O) groups excluding carboxylic acids is 4. The SMILES string of the molecule is CN(C(=O)OC(C)(C)C)[C@@H]1[C@@H](O)[C@@H](O[C@@H]2[C@@H](O)[C@H](C3OC(CNCCCN)=CC[C@H]3NC(=O)OC(C)(C)C)[C@@H](NC(=O)OC(C)(C)C)C[C@H]2NS(=O)(=O)CCNC(=O)OC(C)(C)C)OC[C@]1(C)O. The van der Waals surface area contributed by atoms with Crippen molar-refractivity contribution in [1.82, 2.24) is 30.9 Å². The Morgan fingerprint density at radius 3 is 1.91 bits per heavy atom. The van der Waals surface area contributed by atoms with Crippen molar-refractivity contribution >= 4 is 34.4 Å². The molecule has 23 nitrogen and oxygen atoms in total. The summed E-state index contributed by atoms with van der Waals surface area (Å²) in [5.41, 5.74) is 0.118. The molecular formula is C44H81N7O16S. The van der Waals surface area contributed by atoms with Crippen LogP contribution < -0.4 is 31.7 Å². The minimum atomic E-state index is -4.39. The zero-order valence-electron chi connectivity index (χ0n) is 42.3. The number of nitrogens with zero attached hydrogens (tertiary/aromatic N) is 1. The van der Waals surface area contributed by atoms with Gasteiger partial charge in [0.1, 0.15) is 52.1 Å². The van der Waals surface area contributed by atoms with E-state index in [4.69, 9.17) is 38.9 Å². The van der Waals surface area contributed by atoms with E-state index in [-0.39, 0.29) is 19.4 Å². The normalized spacial score (nSPS) is 29.4. The van der Waals surface area contributed by atoms with E-state index in [2.05, 4.69) is 26.0 Å². The number of nitrogens with one attached hydrogen (secondary N) is 5. The standard InChI is InChI=1S/C44H81N7O16S/c1-40(2,3)64-36(54)47-20-21-68(59,60)50-28-22-27(49-38(56)66-42(7,8)9)29(32-26(48-37(55)65-41(4,5)6)17-16-25(62-32)23-46-19-15-18-45)30(52)33(28)63-35-31(53)34(44(13,58)24-61-35)51(14)39(57)67-43(10,11)12/h16,26-35,46,50,52-53,58H,15,17-24,45H2,1-14H3,(H,47,54)(H,48,55)(H,49,56)/t26-,27+,28-,29-,30+,31-,32?,33+,34-,35-,44+/m1/s1. The Morgan fingerprint density at radius 1 is 0.824 bits per heavy atom. The van der Waals surface area contributed by atoms with Gasteiger partial charge in [-0.05, 0) is 128 Å². The van der Waals surface area contributed by atoms with Gasteiger partial charge in [-0.3, -0.25) is 0 Å². The first kappa shape index (κ1) is 58.6. The first-order chi connectivity index (χ1) is 31.0. The van der Waals surface area contributed by atoms with Crippen molar-refractivity contribution in [3.8, 4) is 0 Å². The zero-order chi connectivity index (χ0) is 51.8. The van der Waals surface area contributed by atoms with E-state index in [1.807, 2.05) is 0 Å². The fourth-order valence-corrected chi connectivity index (χ4v) is 9.18. The quantitative estimate of drug-likeness (QED) is 0.0785. The molecule has 0 bridgehead atoms. The van der Waals surface area contributed by atoms with E-state index in [0.717, 1.165) is 4.90 Å². The van der Waals surface area contributed by atoms with Crippen molar-refractivity contribution in [3.05, 3.63) is 11.8 Å². The summed E-state index contributed by atoms with van der Waals surface area (Å²) in [7, 11) is -3.08. The van der Waals surface area contributed by atoms with Crippen LogP contribution in [0.1, 0.15) is 109 Å². The lowest BCUT2D eigenvalue weighted by Gasteiger charge is -2.52. The molecule has 0 aromatic rings. The molecule has 68 heavy (non-hydrogen) atoms. The summed E-state index contributed by atoms with van der Waals surface area (Å²) in [5.74, 6) is -1.50. The molecule has 2 heterocycles. The predicted octanol–water partition coefficient (Wildman–Crippen LogP) is 1.67. The van der Waals surface area contributed by atoms with Crippen LogP contribution in [-0.2, 0) is 43.2 Å². The number of aliphatic hydroxyl groups excluding tert-OH is 2. The predicted molar refractivity (Wildman–Crippen MR) is 249 cm³/mol. The second kappa shape index (κ2) is 23.4. The number of alkyl carbamates (subject to hydrolysis) is 3. The van der Waals surface area contributed by atoms with Crippen LogP contribution >= 0.6 is 0 Å². The van der Waals surface area contributed by atoms with E-state index in [9.17, 15) is 42.9 Å². The summed E-state index contributed by atoms with van der Waals surface area (Å²) in [6.45, 7) is 21.5. The molecule has 0 aromatic heterocycles. The maximum atomic E-state index is 13.9. The molecule has 2 fully saturated rings. The van der Waals surface area contributed by atoms with Crippen LogP contribution in [0.3, 0.4) is 0 Å². The van der Waals surface area contributed by atoms with Crippen LogP contribution in [0, 0.1) is 5.92 Å². The molecule has 1 unspecified atom stereocenters. The van der Waals surface area contributed by atoms with Crippen molar-refractivity contribution in [3.63, 3.8) is 0 Å². The molecule has 4 amide bonds. The molecule has 11 atom stereocenters. The number of hydrogen-bond donors (Lipinski definition) is 9. The molecule has 0 radical (unpaired) electrons. The van der Waals surface area contributed by atoms with Gasteiger partial charge in [-0.1, -0.05) is 0 Å². The summed E-state index contributed by atoms with van der Waals surface area (Å²) < 4.78 is 71.4. The van der Waals surface area contributed by atoms with Gasteiger partial charge in [0.25, 0.3) is 0 Å². The summed E-state index contributed by atoms with van der Waals surface area (Å²) >= 11 is 0. The molecular weight excluding hydrogens is 915 g/mol. The van der Waals surface area contributed by atoms with Gasteiger partial charge in [0, 0.05) is 25.6 Å². The van der Waals surface area contributed by atoms with E-state index in [0.29, 0.717) is 25.3 Å². The van der Waals surface area contributed by atoms with E-state index >= 15 is 0 Å². The van der Waals surface area contributed by atoms with Crippen molar-refractivity contribution < 1.29 is 76.1 Å². The largest absolute Gasteiger partial charge is 0.491 e. The Balaban J connectivity index is 2.18. The number of sulfonamides is 1. The van der Waals surface area contributed by atoms with Gasteiger partial charge in [-0.25, -0.2) is 32.3 Å². The third kappa shape index (κ3) is 18.9. The van der Waals surface area contributed by atoms with E-state index in [1.165, 1.54) is 14.0 Å². The fourth-order valence-electron chi connectivity index (χ4n) is 8.00. The lowest BCUT2D eigenvalue weighted by molar-refractivity contribution is -0.305. The van der Waals surface area contributed by atoms with Crippen LogP contribution in [0.25, 0.3) is 0 Å². The van der Waals surface area contributed by atoms with Crippen molar-refractivity contribution in [2.75, 3.05) is 45.6 Å². The summed E-state index contributed by atoms with van der Waals surface area (Å²) in [5, 5.41) is 47.6. The van der Waals surface area contributed by atoms with Crippen molar-refractivity contribution in [2.24, 2.45) is 11.7 Å². The maximum Gasteiger partial charge on any atom is 0.410 e. The number of carbonyl (C=O) groups is 4. The Bertz CT molecular complexity index is 1840. The number of likely N-dealkylation sites (N-methyl/N-ethyl adjacent to an activating group) is 1. The molecule has 1 aliphatic carbocycles. The smallest absolute Gasteiger partial charge is 0.410 e. The molecule has 10 N–H and O–H groups in total. The molecule has 3 rings (SSSR count). The van der Waals surface area contributed by atoms with E-state index < -0.39 is 142 Å². The molecule has 1 saturated heterocycles. The maximum absolute atomic E-state index is 13.9. The Kier molecular flexibility index (Phi) is 20.2. The molecule has 1 saturated carbocycles. The molecule has 394 valence electrons. The third-order valence-corrected chi connectivity index (χ3v) is 12.0. The van der Waals surface area contributed by atoms with Gasteiger partial charge in [0.2, 0.25) is 10.0 Å². The highest BCUT2D eigenvalue weighted by molar-refractivity contribution is 7.89. The number of aliphatic hydroxyl groups is 3. The monoisotopic (exact) mass is 996 g/mol. The lowest BCUT2D eigenvalue weighted by Crippen LogP contribution is -2.71. The summed E-state index contributed by atoms with van der Waals surface area (Å²) in [4.78, 5) is 53.8. The average molecular weight is 996 g/mol. The van der Waals surface area contributed by atoms with Gasteiger partial charge in [-0.15, -0.1) is 0 Å². The van der Waals surface area contributed by atoms with Crippen LogP contribution in [0.2, 0.25) is 0 Å². The Hall–Kier alpha value is -3.75. The minimum Gasteiger partial charge on any atom is -0.491 e. The molecule has 0 aromatic carbocycles. The lowest BCUT2D eigenvalue weighted by atomic mass is 9.72. The highest BCUT2D eigenvalue weighted by atomic mass is 32.2. The van der Waals surface area contributed by atoms with Crippen LogP contribution in [0.15, 0.2) is 11.8 Å². The Morgan fingerprint density at radius 2 is 1.37 bits per heavy atom. The zero-order valence-corrected chi connectivity index (χ0v) is 43.1. The van der Waals surface area contributed by atoms with Crippen LogP contribution in [-0.4, -0.2) is 181 Å². The number of amides is 4. The molecule has 0 spiro atoms. The van der Waals surface area contributed by atoms with Gasteiger partial charge in [0.05, 0.1) is 43.1 Å². The summed E-state index contributed by atoms with van der Waals surface area (Å²) in [6, 6.07) is -4.96. The Labute approximate surface area is 401 Å². The number of ether oxygens (including phenoxy) is 7. The number of hydrogen-bond acceptors (Lipinski definition) is 18. The van der Waals surface area contributed by atoms with Crippen LogP contribution in [0.5, 0.6) is 0 Å². The number of nitrogens with two attached hydrogens (primary N) is 1. The van der Waals surface area contributed by atoms with Crippen molar-refractivity contribution in [1.29, 1.82) is 0 Å². The highest BCUT2D eigenvalue weighted by Crippen LogP contribution is 2.39. The first-order valence-corrected chi connectivity index (χ1v) is 24.7. The van der Waals surface area contributed by atoms with Crippen molar-refractivity contribution in [2.45, 2.75) is 192 Å². The van der Waals surface area contributed by atoms with Gasteiger partial charge in [-0.2, -0.15) is 0 Å². The second-order valence-corrected chi connectivity index (χ2v) is 23.6. The first-order valence-electron chi connectivity index (χ1n) is 23.0. The van der Waals surface area contributed by atoms with Gasteiger partial charge < -0.3 is 80.4 Å². The topological polar surface area (TPSA) is 317 Å². The summed E-state index contributed by atoms with van der Waals surface area (Å²) in [6.07, 6.45) is -9.44.